The van der Waals surface area contributed by atoms with Gasteiger partial charge in [0.1, 0.15) is 0 Å². The first-order chi connectivity index (χ1) is 8.71. The van der Waals surface area contributed by atoms with Crippen molar-refractivity contribution in [2.45, 2.75) is 26.7 Å². The summed E-state index contributed by atoms with van der Waals surface area (Å²) in [5, 5.41) is 10.5. The number of aromatic nitrogens is 2. The van der Waals surface area contributed by atoms with Crippen LogP contribution in [0, 0.1) is 0 Å². The van der Waals surface area contributed by atoms with Crippen LogP contribution in [0.5, 0.6) is 0 Å². The van der Waals surface area contributed by atoms with Crippen molar-refractivity contribution in [1.82, 2.24) is 10.2 Å². The third-order valence-corrected chi connectivity index (χ3v) is 2.38. The van der Waals surface area contributed by atoms with Gasteiger partial charge in [-0.15, -0.1) is 10.2 Å². The van der Waals surface area contributed by atoms with Gasteiger partial charge in [-0.25, -0.2) is 4.79 Å². The van der Waals surface area contributed by atoms with E-state index in [1.54, 1.807) is 6.07 Å². The van der Waals surface area contributed by atoms with Crippen LogP contribution in [0.4, 0.5) is 16.4 Å². The van der Waals surface area contributed by atoms with Gasteiger partial charge in [0.25, 0.3) is 0 Å². The minimum atomic E-state index is -0.545. The standard InChI is InChI=1S/C12H20N4O2/c1-4-8-16(9-5-2)11-7-6-10(14-15-11)13-12(17)18-3/h6-7H,4-5,8-9H2,1-3H3,(H,13,14,17). The number of hydrogen-bond acceptors (Lipinski definition) is 5. The van der Waals surface area contributed by atoms with Crippen molar-refractivity contribution in [3.8, 4) is 0 Å². The summed E-state index contributed by atoms with van der Waals surface area (Å²) in [7, 11) is 1.31. The van der Waals surface area contributed by atoms with Gasteiger partial charge >= 0.3 is 6.09 Å². The molecule has 0 fully saturated rings. The van der Waals surface area contributed by atoms with E-state index < -0.39 is 6.09 Å². The lowest BCUT2D eigenvalue weighted by molar-refractivity contribution is 0.187. The van der Waals surface area contributed by atoms with E-state index in [9.17, 15) is 4.79 Å². The van der Waals surface area contributed by atoms with Crippen molar-refractivity contribution < 1.29 is 9.53 Å². The Morgan fingerprint density at radius 2 is 1.94 bits per heavy atom. The van der Waals surface area contributed by atoms with Gasteiger partial charge in [-0.3, -0.25) is 5.32 Å². The van der Waals surface area contributed by atoms with E-state index in [0.717, 1.165) is 31.7 Å². The van der Waals surface area contributed by atoms with Crippen molar-refractivity contribution in [3.63, 3.8) is 0 Å². The summed E-state index contributed by atoms with van der Waals surface area (Å²) in [6.07, 6.45) is 1.57. The largest absolute Gasteiger partial charge is 0.453 e. The number of anilines is 2. The van der Waals surface area contributed by atoms with Crippen molar-refractivity contribution >= 4 is 17.7 Å². The van der Waals surface area contributed by atoms with Gasteiger partial charge in [0.2, 0.25) is 0 Å². The Kier molecular flexibility index (Phi) is 5.90. The van der Waals surface area contributed by atoms with Gasteiger partial charge in [0, 0.05) is 13.1 Å². The fraction of sp³-hybridized carbons (Fsp3) is 0.583. The van der Waals surface area contributed by atoms with Crippen LogP contribution in [0.3, 0.4) is 0 Å². The number of carbonyl (C=O) groups is 1. The smallest absolute Gasteiger partial charge is 0.412 e. The predicted octanol–water partition coefficient (Wildman–Crippen LogP) is 2.28. The number of amides is 1. The second-order valence-electron chi connectivity index (χ2n) is 3.88. The summed E-state index contributed by atoms with van der Waals surface area (Å²) in [6.45, 7) is 6.16. The molecule has 0 radical (unpaired) electrons. The summed E-state index contributed by atoms with van der Waals surface area (Å²) in [6, 6.07) is 3.57. The SMILES string of the molecule is CCCN(CCC)c1ccc(NC(=O)OC)nn1. The molecule has 0 saturated carbocycles. The fourth-order valence-corrected chi connectivity index (χ4v) is 1.60. The molecule has 0 spiro atoms. The number of nitrogens with zero attached hydrogens (tertiary/aromatic N) is 3. The first kappa shape index (κ1) is 14.2. The highest BCUT2D eigenvalue weighted by Gasteiger charge is 2.08. The Morgan fingerprint density at radius 3 is 2.39 bits per heavy atom. The molecule has 6 heteroatoms. The first-order valence-corrected chi connectivity index (χ1v) is 6.14. The average Bonchev–Trinajstić information content (AvgIpc) is 2.39. The molecule has 1 aromatic heterocycles. The van der Waals surface area contributed by atoms with Crippen LogP contribution in [-0.4, -0.2) is 36.5 Å². The zero-order chi connectivity index (χ0) is 13.4. The topological polar surface area (TPSA) is 67.4 Å². The Bertz CT molecular complexity index is 361. The molecule has 0 aliphatic heterocycles. The molecule has 0 bridgehead atoms. The quantitative estimate of drug-likeness (QED) is 0.841. The highest BCUT2D eigenvalue weighted by molar-refractivity contribution is 5.83. The Morgan fingerprint density at radius 1 is 1.28 bits per heavy atom. The maximum atomic E-state index is 11.0. The summed E-state index contributed by atoms with van der Waals surface area (Å²) in [4.78, 5) is 13.2. The monoisotopic (exact) mass is 252 g/mol. The molecular formula is C12H20N4O2. The Hall–Kier alpha value is -1.85. The lowest BCUT2D eigenvalue weighted by Crippen LogP contribution is -2.26. The van der Waals surface area contributed by atoms with E-state index in [-0.39, 0.29) is 0 Å². The number of rotatable bonds is 6. The van der Waals surface area contributed by atoms with Crippen molar-refractivity contribution in [2.24, 2.45) is 0 Å². The van der Waals surface area contributed by atoms with Gasteiger partial charge in [0.05, 0.1) is 7.11 Å². The molecule has 6 nitrogen and oxygen atoms in total. The van der Waals surface area contributed by atoms with Crippen molar-refractivity contribution in [3.05, 3.63) is 12.1 Å². The number of ether oxygens (including phenoxy) is 1. The summed E-state index contributed by atoms with van der Waals surface area (Å²) in [5.74, 6) is 1.22. The van der Waals surface area contributed by atoms with Crippen LogP contribution >= 0.6 is 0 Å². The van der Waals surface area contributed by atoms with Crippen molar-refractivity contribution in [1.29, 1.82) is 0 Å². The highest BCUT2D eigenvalue weighted by atomic mass is 16.5. The predicted molar refractivity (Wildman–Crippen MR) is 70.9 cm³/mol. The molecule has 1 aromatic rings. The third-order valence-electron chi connectivity index (χ3n) is 2.38. The number of methoxy groups -OCH3 is 1. The Balaban J connectivity index is 2.70. The molecule has 1 amide bonds. The van der Waals surface area contributed by atoms with E-state index in [1.807, 2.05) is 6.07 Å². The molecule has 0 aliphatic carbocycles. The molecule has 1 N–H and O–H groups in total. The molecule has 0 aliphatic rings. The van der Waals surface area contributed by atoms with Crippen LogP contribution in [0.25, 0.3) is 0 Å². The van der Waals surface area contributed by atoms with Gasteiger partial charge < -0.3 is 9.64 Å². The molecule has 18 heavy (non-hydrogen) atoms. The van der Waals surface area contributed by atoms with Gasteiger partial charge in [-0.1, -0.05) is 13.8 Å². The molecule has 1 heterocycles. The maximum absolute atomic E-state index is 11.0. The van der Waals surface area contributed by atoms with E-state index in [4.69, 9.17) is 0 Å². The van der Waals surface area contributed by atoms with Crippen LogP contribution < -0.4 is 10.2 Å². The minimum absolute atomic E-state index is 0.388. The second-order valence-corrected chi connectivity index (χ2v) is 3.88. The highest BCUT2D eigenvalue weighted by Crippen LogP contribution is 2.12. The van der Waals surface area contributed by atoms with E-state index in [1.165, 1.54) is 7.11 Å². The van der Waals surface area contributed by atoms with Gasteiger partial charge in [-0.2, -0.15) is 0 Å². The molecule has 100 valence electrons. The first-order valence-electron chi connectivity index (χ1n) is 6.14. The van der Waals surface area contributed by atoms with Crippen LogP contribution in [0.2, 0.25) is 0 Å². The molecular weight excluding hydrogens is 232 g/mol. The van der Waals surface area contributed by atoms with Crippen LogP contribution in [0.1, 0.15) is 26.7 Å². The maximum Gasteiger partial charge on any atom is 0.412 e. The summed E-state index contributed by atoms with van der Waals surface area (Å²) >= 11 is 0. The molecule has 0 aromatic carbocycles. The lowest BCUT2D eigenvalue weighted by Gasteiger charge is -2.21. The summed E-state index contributed by atoms with van der Waals surface area (Å²) < 4.78 is 4.48. The number of hydrogen-bond donors (Lipinski definition) is 1. The minimum Gasteiger partial charge on any atom is -0.453 e. The number of nitrogens with one attached hydrogen (secondary N) is 1. The average molecular weight is 252 g/mol. The Labute approximate surface area is 107 Å². The van der Waals surface area contributed by atoms with E-state index in [0.29, 0.717) is 5.82 Å². The fourth-order valence-electron chi connectivity index (χ4n) is 1.60. The second kappa shape index (κ2) is 7.47. The third kappa shape index (κ3) is 4.20. The van der Waals surface area contributed by atoms with E-state index >= 15 is 0 Å². The van der Waals surface area contributed by atoms with E-state index in [2.05, 4.69) is 39.0 Å². The summed E-state index contributed by atoms with van der Waals surface area (Å²) in [5.41, 5.74) is 0. The lowest BCUT2D eigenvalue weighted by atomic mass is 10.3. The van der Waals surface area contributed by atoms with Crippen LogP contribution in [-0.2, 0) is 4.74 Å². The zero-order valence-electron chi connectivity index (χ0n) is 11.1. The number of carbonyl (C=O) groups excluding carboxylic acids is 1. The molecule has 0 atom stereocenters. The molecule has 0 saturated heterocycles. The van der Waals surface area contributed by atoms with Gasteiger partial charge in [0.15, 0.2) is 11.6 Å². The molecule has 1 rings (SSSR count). The van der Waals surface area contributed by atoms with Crippen molar-refractivity contribution in [2.75, 3.05) is 30.4 Å². The zero-order valence-corrected chi connectivity index (χ0v) is 11.1. The normalized spacial score (nSPS) is 9.94. The molecule has 0 unspecified atom stereocenters. The van der Waals surface area contributed by atoms with Crippen LogP contribution in [0.15, 0.2) is 12.1 Å². The van der Waals surface area contributed by atoms with Gasteiger partial charge in [-0.05, 0) is 25.0 Å².